The van der Waals surface area contributed by atoms with Crippen molar-refractivity contribution < 1.29 is 0 Å². The highest BCUT2D eigenvalue weighted by Crippen LogP contribution is 2.31. The molecule has 3 nitrogen and oxygen atoms in total. The largest absolute Gasteiger partial charge is 0.396 e. The smallest absolute Gasteiger partial charge is 0.0724 e. The van der Waals surface area contributed by atoms with Crippen LogP contribution in [0.15, 0.2) is 30.5 Å². The average molecular weight is 257 g/mol. The van der Waals surface area contributed by atoms with Crippen LogP contribution in [0.4, 0.5) is 11.4 Å². The molecule has 1 heterocycles. The zero-order valence-corrected chi connectivity index (χ0v) is 12.1. The summed E-state index contributed by atoms with van der Waals surface area (Å²) in [5, 5.41) is 1.04. The van der Waals surface area contributed by atoms with Gasteiger partial charge >= 0.3 is 0 Å². The molecule has 0 aliphatic carbocycles. The number of anilines is 2. The topological polar surface area (TPSA) is 42.2 Å². The molecule has 2 N–H and O–H groups in total. The van der Waals surface area contributed by atoms with Gasteiger partial charge in [-0.05, 0) is 37.1 Å². The molecular formula is C16H23N3. The van der Waals surface area contributed by atoms with E-state index in [0.717, 1.165) is 35.4 Å². The summed E-state index contributed by atoms with van der Waals surface area (Å²) >= 11 is 0. The molecule has 2 aromatic rings. The molecule has 1 unspecified atom stereocenters. The summed E-state index contributed by atoms with van der Waals surface area (Å²) in [6.07, 6.45) is 2.99. The summed E-state index contributed by atoms with van der Waals surface area (Å²) in [6, 6.07) is 8.13. The molecule has 1 atom stereocenters. The second kappa shape index (κ2) is 5.91. The molecule has 19 heavy (non-hydrogen) atoms. The van der Waals surface area contributed by atoms with Gasteiger partial charge in [0.05, 0.1) is 16.9 Å². The first-order valence-electron chi connectivity index (χ1n) is 7.05. The molecule has 3 heteroatoms. The second-order valence-corrected chi connectivity index (χ2v) is 5.12. The number of nitrogen functional groups attached to an aromatic ring is 1. The number of fused-ring (bicyclic) bond motifs is 1. The van der Waals surface area contributed by atoms with Gasteiger partial charge in [0.2, 0.25) is 0 Å². The molecule has 0 saturated heterocycles. The number of hydrogen-bond acceptors (Lipinski definition) is 3. The molecule has 0 bridgehead atoms. The quantitative estimate of drug-likeness (QED) is 0.831. The van der Waals surface area contributed by atoms with Gasteiger partial charge in [-0.2, -0.15) is 0 Å². The van der Waals surface area contributed by atoms with Crippen LogP contribution in [0.5, 0.6) is 0 Å². The van der Waals surface area contributed by atoms with Crippen LogP contribution in [0.25, 0.3) is 10.9 Å². The maximum Gasteiger partial charge on any atom is 0.0724 e. The van der Waals surface area contributed by atoms with Crippen LogP contribution in [0.2, 0.25) is 0 Å². The van der Waals surface area contributed by atoms with Crippen LogP contribution < -0.4 is 10.6 Å². The fraction of sp³-hybridized carbons (Fsp3) is 0.438. The molecule has 0 aliphatic rings. The Morgan fingerprint density at radius 3 is 2.74 bits per heavy atom. The maximum atomic E-state index is 6.33. The van der Waals surface area contributed by atoms with Crippen molar-refractivity contribution in [2.24, 2.45) is 5.92 Å². The van der Waals surface area contributed by atoms with Gasteiger partial charge in [0.25, 0.3) is 0 Å². The minimum Gasteiger partial charge on any atom is -0.396 e. The highest BCUT2D eigenvalue weighted by molar-refractivity contribution is 5.97. The molecule has 102 valence electrons. The fourth-order valence-electron chi connectivity index (χ4n) is 2.34. The second-order valence-electron chi connectivity index (χ2n) is 5.12. The van der Waals surface area contributed by atoms with Crippen molar-refractivity contribution in [2.75, 3.05) is 23.7 Å². The lowest BCUT2D eigenvalue weighted by molar-refractivity contribution is 0.548. The Kier molecular flexibility index (Phi) is 4.25. The number of hydrogen-bond donors (Lipinski definition) is 1. The van der Waals surface area contributed by atoms with E-state index < -0.39 is 0 Å². The molecule has 0 radical (unpaired) electrons. The molecule has 0 amide bonds. The van der Waals surface area contributed by atoms with E-state index in [9.17, 15) is 0 Å². The first-order chi connectivity index (χ1) is 9.17. The molecule has 1 aromatic heterocycles. The number of benzene rings is 1. The first kappa shape index (κ1) is 13.7. The molecular weight excluding hydrogens is 234 g/mol. The zero-order chi connectivity index (χ0) is 13.8. The van der Waals surface area contributed by atoms with Crippen LogP contribution in [0.1, 0.15) is 27.2 Å². The Morgan fingerprint density at radius 2 is 2.05 bits per heavy atom. The third-order valence-corrected chi connectivity index (χ3v) is 3.76. The Labute approximate surface area is 115 Å². The fourth-order valence-corrected chi connectivity index (χ4v) is 2.34. The van der Waals surface area contributed by atoms with Gasteiger partial charge in [0.15, 0.2) is 0 Å². The number of nitrogens with zero attached hydrogens (tertiary/aromatic N) is 2. The minimum absolute atomic E-state index is 0.670. The van der Waals surface area contributed by atoms with Crippen LogP contribution in [0.3, 0.4) is 0 Å². The van der Waals surface area contributed by atoms with Crippen molar-refractivity contribution in [1.29, 1.82) is 0 Å². The lowest BCUT2D eigenvalue weighted by Gasteiger charge is -2.27. The van der Waals surface area contributed by atoms with E-state index in [1.807, 2.05) is 12.1 Å². The predicted molar refractivity (Wildman–Crippen MR) is 83.5 cm³/mol. The molecule has 0 aliphatic heterocycles. The lowest BCUT2D eigenvalue weighted by atomic mass is 10.1. The van der Waals surface area contributed by atoms with Crippen molar-refractivity contribution in [3.05, 3.63) is 30.5 Å². The third-order valence-electron chi connectivity index (χ3n) is 3.76. The highest BCUT2D eigenvalue weighted by atomic mass is 15.1. The summed E-state index contributed by atoms with van der Waals surface area (Å²) in [5.74, 6) is 0.670. The van der Waals surface area contributed by atoms with E-state index in [0.29, 0.717) is 5.92 Å². The van der Waals surface area contributed by atoms with E-state index in [1.165, 1.54) is 6.42 Å². The standard InChI is InChI=1S/C16H23N3/c1-4-12(3)11-19(5-2)15-9-8-14-13(16(15)17)7-6-10-18-14/h6-10,12H,4-5,11,17H2,1-3H3. The van der Waals surface area contributed by atoms with E-state index in [1.54, 1.807) is 6.20 Å². The summed E-state index contributed by atoms with van der Waals surface area (Å²) in [6.45, 7) is 8.70. The van der Waals surface area contributed by atoms with Crippen LogP contribution in [-0.4, -0.2) is 18.1 Å². The number of nitrogens with two attached hydrogens (primary N) is 1. The Hall–Kier alpha value is -1.77. The molecule has 0 spiro atoms. The summed E-state index contributed by atoms with van der Waals surface area (Å²) in [7, 11) is 0. The summed E-state index contributed by atoms with van der Waals surface area (Å²) in [5.41, 5.74) is 9.26. The molecule has 0 saturated carbocycles. The van der Waals surface area contributed by atoms with Crippen molar-refractivity contribution in [2.45, 2.75) is 27.2 Å². The van der Waals surface area contributed by atoms with E-state index in [2.05, 4.69) is 42.8 Å². The summed E-state index contributed by atoms with van der Waals surface area (Å²) in [4.78, 5) is 6.70. The van der Waals surface area contributed by atoms with E-state index >= 15 is 0 Å². The van der Waals surface area contributed by atoms with Crippen molar-refractivity contribution in [3.8, 4) is 0 Å². The average Bonchev–Trinajstić information content (AvgIpc) is 2.45. The molecule has 2 rings (SSSR count). The highest BCUT2D eigenvalue weighted by Gasteiger charge is 2.13. The Morgan fingerprint density at radius 1 is 1.26 bits per heavy atom. The van der Waals surface area contributed by atoms with Gasteiger partial charge in [-0.3, -0.25) is 4.98 Å². The number of pyridine rings is 1. The Balaban J connectivity index is 2.40. The Bertz CT molecular complexity index is 551. The monoisotopic (exact) mass is 257 g/mol. The number of aromatic nitrogens is 1. The van der Waals surface area contributed by atoms with Gasteiger partial charge < -0.3 is 10.6 Å². The van der Waals surface area contributed by atoms with Gasteiger partial charge in [-0.1, -0.05) is 20.3 Å². The predicted octanol–water partition coefficient (Wildman–Crippen LogP) is 3.69. The van der Waals surface area contributed by atoms with Gasteiger partial charge in [0.1, 0.15) is 0 Å². The number of rotatable bonds is 5. The first-order valence-corrected chi connectivity index (χ1v) is 7.05. The van der Waals surface area contributed by atoms with Crippen molar-refractivity contribution >= 4 is 22.3 Å². The molecule has 1 aromatic carbocycles. The van der Waals surface area contributed by atoms with Gasteiger partial charge in [0, 0.05) is 24.7 Å². The van der Waals surface area contributed by atoms with Crippen LogP contribution in [-0.2, 0) is 0 Å². The third kappa shape index (κ3) is 2.80. The normalized spacial score (nSPS) is 12.6. The van der Waals surface area contributed by atoms with Crippen molar-refractivity contribution in [1.82, 2.24) is 4.98 Å². The maximum absolute atomic E-state index is 6.33. The van der Waals surface area contributed by atoms with Crippen molar-refractivity contribution in [3.63, 3.8) is 0 Å². The SMILES string of the molecule is CCC(C)CN(CC)c1ccc2ncccc2c1N. The van der Waals surface area contributed by atoms with Gasteiger partial charge in [-0.25, -0.2) is 0 Å². The van der Waals surface area contributed by atoms with E-state index in [-0.39, 0.29) is 0 Å². The zero-order valence-electron chi connectivity index (χ0n) is 12.1. The van der Waals surface area contributed by atoms with E-state index in [4.69, 9.17) is 5.73 Å². The van der Waals surface area contributed by atoms with Crippen LogP contribution >= 0.6 is 0 Å². The molecule has 0 fully saturated rings. The lowest BCUT2D eigenvalue weighted by Crippen LogP contribution is -2.28. The minimum atomic E-state index is 0.670. The summed E-state index contributed by atoms with van der Waals surface area (Å²) < 4.78 is 0. The van der Waals surface area contributed by atoms with Crippen LogP contribution in [0, 0.1) is 5.92 Å². The van der Waals surface area contributed by atoms with Gasteiger partial charge in [-0.15, -0.1) is 0 Å².